The van der Waals surface area contributed by atoms with Crippen molar-refractivity contribution >= 4 is 39.1 Å². The zero-order valence-electron chi connectivity index (χ0n) is 8.21. The summed E-state index contributed by atoms with van der Waals surface area (Å²) in [5.74, 6) is 0. The van der Waals surface area contributed by atoms with Crippen LogP contribution in [0, 0.1) is 0 Å². The summed E-state index contributed by atoms with van der Waals surface area (Å²) in [6.45, 7) is 0. The van der Waals surface area contributed by atoms with Crippen LogP contribution in [0.5, 0.6) is 0 Å². The Bertz CT molecular complexity index is 662. The number of hydrogen-bond donors (Lipinski definition) is 1. The molecule has 1 heterocycles. The quantitative estimate of drug-likeness (QED) is 0.814. The van der Waals surface area contributed by atoms with Crippen molar-refractivity contribution in [2.75, 3.05) is 0 Å². The van der Waals surface area contributed by atoms with E-state index in [-0.39, 0.29) is 10.2 Å². The van der Waals surface area contributed by atoms with E-state index < -0.39 is 11.2 Å². The first kappa shape index (κ1) is 12.4. The molecule has 0 fully saturated rings. The highest BCUT2D eigenvalue weighted by molar-refractivity contribution is 9.10. The van der Waals surface area contributed by atoms with Gasteiger partial charge in [0.25, 0.3) is 5.56 Å². The number of aromatic nitrogens is 2. The Balaban J connectivity index is 2.78. The average Bonchev–Trinajstić information content (AvgIpc) is 2.19. The molecule has 0 aliphatic rings. The number of rotatable bonds is 1. The van der Waals surface area contributed by atoms with Gasteiger partial charge in [0.2, 0.25) is 0 Å². The second-order valence-corrected chi connectivity index (χ2v) is 4.92. The second-order valence-electron chi connectivity index (χ2n) is 3.19. The van der Waals surface area contributed by atoms with Gasteiger partial charge < -0.3 is 0 Å². The number of hydrogen-bond acceptors (Lipinski definition) is 2. The molecule has 1 aromatic heterocycles. The van der Waals surface area contributed by atoms with E-state index in [1.165, 1.54) is 0 Å². The number of aromatic amines is 1. The summed E-state index contributed by atoms with van der Waals surface area (Å²) >= 11 is 14.8. The molecule has 0 aliphatic carbocycles. The molecule has 0 saturated carbocycles. The van der Waals surface area contributed by atoms with Crippen molar-refractivity contribution in [1.29, 1.82) is 0 Å². The molecular weight excluding hydrogens is 331 g/mol. The van der Waals surface area contributed by atoms with Gasteiger partial charge in [-0.15, -0.1) is 0 Å². The van der Waals surface area contributed by atoms with Gasteiger partial charge >= 0.3 is 5.69 Å². The van der Waals surface area contributed by atoms with Gasteiger partial charge in [0.1, 0.15) is 5.15 Å². The van der Waals surface area contributed by atoms with E-state index in [1.807, 2.05) is 0 Å². The van der Waals surface area contributed by atoms with E-state index in [0.717, 1.165) is 15.1 Å². The lowest BCUT2D eigenvalue weighted by molar-refractivity contribution is 0.876. The van der Waals surface area contributed by atoms with E-state index in [1.54, 1.807) is 18.2 Å². The zero-order valence-corrected chi connectivity index (χ0v) is 11.3. The highest BCUT2D eigenvalue weighted by Gasteiger charge is 2.09. The summed E-state index contributed by atoms with van der Waals surface area (Å²) in [5, 5.41) is 0.277. The molecule has 0 saturated heterocycles. The van der Waals surface area contributed by atoms with Crippen LogP contribution >= 0.6 is 39.1 Å². The molecule has 2 rings (SSSR count). The van der Waals surface area contributed by atoms with Gasteiger partial charge in [-0.25, -0.2) is 9.36 Å². The SMILES string of the molecule is O=c1cc(Cl)[nH]c(=O)n1-c1ccc(Br)cc1Cl. The fourth-order valence-corrected chi connectivity index (χ4v) is 2.29. The number of benzene rings is 1. The molecule has 1 aromatic carbocycles. The van der Waals surface area contributed by atoms with Gasteiger partial charge in [-0.2, -0.15) is 0 Å². The number of nitrogens with one attached hydrogen (secondary N) is 1. The predicted molar refractivity (Wildman–Crippen MR) is 70.4 cm³/mol. The fourth-order valence-electron chi connectivity index (χ4n) is 1.36. The first-order valence-electron chi connectivity index (χ1n) is 4.46. The van der Waals surface area contributed by atoms with E-state index in [2.05, 4.69) is 20.9 Å². The van der Waals surface area contributed by atoms with Crippen LogP contribution in [0.1, 0.15) is 0 Å². The van der Waals surface area contributed by atoms with Crippen LogP contribution < -0.4 is 11.2 Å². The lowest BCUT2D eigenvalue weighted by Gasteiger charge is -2.06. The highest BCUT2D eigenvalue weighted by Crippen LogP contribution is 2.22. The standard InChI is InChI=1S/C10H5BrCl2N2O2/c11-5-1-2-7(6(12)3-5)15-9(16)4-8(13)14-10(15)17/h1-4H,(H,14,17). The van der Waals surface area contributed by atoms with Crippen molar-refractivity contribution in [2.45, 2.75) is 0 Å². The molecule has 0 spiro atoms. The summed E-state index contributed by atoms with van der Waals surface area (Å²) in [5.41, 5.74) is -0.868. The maximum atomic E-state index is 11.7. The Morgan fingerprint density at radius 3 is 2.47 bits per heavy atom. The third-order valence-electron chi connectivity index (χ3n) is 2.05. The summed E-state index contributed by atoms with van der Waals surface area (Å²) in [6.07, 6.45) is 0. The van der Waals surface area contributed by atoms with Crippen LogP contribution in [-0.4, -0.2) is 9.55 Å². The maximum Gasteiger partial charge on any atom is 0.334 e. The third-order valence-corrected chi connectivity index (χ3v) is 3.05. The molecule has 1 N–H and O–H groups in total. The van der Waals surface area contributed by atoms with Crippen LogP contribution in [0.25, 0.3) is 5.69 Å². The Morgan fingerprint density at radius 1 is 1.18 bits per heavy atom. The maximum absolute atomic E-state index is 11.7. The van der Waals surface area contributed by atoms with Crippen LogP contribution in [0.3, 0.4) is 0 Å². The molecule has 88 valence electrons. The molecule has 17 heavy (non-hydrogen) atoms. The topological polar surface area (TPSA) is 54.9 Å². The Labute approximate surface area is 114 Å². The molecule has 0 aliphatic heterocycles. The Morgan fingerprint density at radius 2 is 1.88 bits per heavy atom. The van der Waals surface area contributed by atoms with Crippen molar-refractivity contribution in [3.63, 3.8) is 0 Å². The lowest BCUT2D eigenvalue weighted by atomic mass is 10.3. The van der Waals surface area contributed by atoms with E-state index >= 15 is 0 Å². The van der Waals surface area contributed by atoms with E-state index in [9.17, 15) is 9.59 Å². The summed E-state index contributed by atoms with van der Waals surface area (Å²) in [6, 6.07) is 5.96. The lowest BCUT2D eigenvalue weighted by Crippen LogP contribution is -2.33. The Kier molecular flexibility index (Phi) is 3.42. The molecule has 0 bridgehead atoms. The summed E-state index contributed by atoms with van der Waals surface area (Å²) in [7, 11) is 0. The van der Waals surface area contributed by atoms with Crippen molar-refractivity contribution < 1.29 is 0 Å². The monoisotopic (exact) mass is 334 g/mol. The number of H-pyrrole nitrogens is 1. The van der Waals surface area contributed by atoms with Gasteiger partial charge in [-0.05, 0) is 18.2 Å². The fraction of sp³-hybridized carbons (Fsp3) is 0. The molecule has 7 heteroatoms. The zero-order chi connectivity index (χ0) is 12.6. The number of halogens is 3. The predicted octanol–water partition coefficient (Wildman–Crippen LogP) is 2.60. The van der Waals surface area contributed by atoms with Gasteiger partial charge in [0.05, 0.1) is 10.7 Å². The molecular formula is C10H5BrCl2N2O2. The summed E-state index contributed by atoms with van der Waals surface area (Å²) in [4.78, 5) is 25.7. The third kappa shape index (κ3) is 2.46. The Hall–Kier alpha value is -1.04. The van der Waals surface area contributed by atoms with Crippen molar-refractivity contribution in [3.05, 3.63) is 59.8 Å². The first-order valence-corrected chi connectivity index (χ1v) is 6.01. The van der Waals surface area contributed by atoms with E-state index in [4.69, 9.17) is 23.2 Å². The van der Waals surface area contributed by atoms with Gasteiger partial charge in [-0.1, -0.05) is 39.1 Å². The van der Waals surface area contributed by atoms with Crippen LogP contribution in [0.4, 0.5) is 0 Å². The smallest absolute Gasteiger partial charge is 0.297 e. The molecule has 0 radical (unpaired) electrons. The van der Waals surface area contributed by atoms with Crippen LogP contribution in [0.15, 0.2) is 38.3 Å². The van der Waals surface area contributed by atoms with Crippen LogP contribution in [-0.2, 0) is 0 Å². The van der Waals surface area contributed by atoms with Crippen LogP contribution in [0.2, 0.25) is 10.2 Å². The second kappa shape index (κ2) is 4.68. The minimum Gasteiger partial charge on any atom is -0.297 e. The van der Waals surface area contributed by atoms with Crippen molar-refractivity contribution in [3.8, 4) is 5.69 Å². The van der Waals surface area contributed by atoms with Gasteiger partial charge in [0, 0.05) is 10.5 Å². The molecule has 0 amide bonds. The van der Waals surface area contributed by atoms with Gasteiger partial charge in [-0.3, -0.25) is 9.78 Å². The molecule has 2 aromatic rings. The van der Waals surface area contributed by atoms with Gasteiger partial charge in [0.15, 0.2) is 0 Å². The normalized spacial score (nSPS) is 10.5. The van der Waals surface area contributed by atoms with Crippen molar-refractivity contribution in [2.24, 2.45) is 0 Å². The minimum absolute atomic E-state index is 0.00974. The molecule has 0 unspecified atom stereocenters. The largest absolute Gasteiger partial charge is 0.334 e. The first-order chi connectivity index (χ1) is 7.99. The van der Waals surface area contributed by atoms with E-state index in [0.29, 0.717) is 5.69 Å². The minimum atomic E-state index is -0.633. The molecule has 4 nitrogen and oxygen atoms in total. The molecule has 0 atom stereocenters. The highest BCUT2D eigenvalue weighted by atomic mass is 79.9. The average molecular weight is 336 g/mol. The van der Waals surface area contributed by atoms with Crippen molar-refractivity contribution in [1.82, 2.24) is 9.55 Å². The number of nitrogens with zero attached hydrogens (tertiary/aromatic N) is 1. The summed E-state index contributed by atoms with van der Waals surface area (Å²) < 4.78 is 1.67.